The Balaban J connectivity index is 2.46. The van der Waals surface area contributed by atoms with Crippen molar-refractivity contribution in [3.63, 3.8) is 0 Å². The Labute approximate surface area is 110 Å². The Morgan fingerprint density at radius 3 is 2.42 bits per heavy atom. The summed E-state index contributed by atoms with van der Waals surface area (Å²) < 4.78 is 25.6. The van der Waals surface area contributed by atoms with Crippen molar-refractivity contribution in [2.45, 2.75) is 20.3 Å². The predicted molar refractivity (Wildman–Crippen MR) is 67.5 cm³/mol. The number of carbonyl (C=O) groups is 2. The molecule has 0 bridgehead atoms. The van der Waals surface area contributed by atoms with E-state index >= 15 is 0 Å². The van der Waals surface area contributed by atoms with Crippen LogP contribution >= 0.6 is 0 Å². The van der Waals surface area contributed by atoms with E-state index in [1.807, 2.05) is 13.8 Å². The molecule has 1 rings (SSSR count). The SMILES string of the molecule is CC(C)CNC(=O)CC(=O)Nc1ccc(F)c(F)c1. The lowest BCUT2D eigenvalue weighted by molar-refractivity contribution is -0.126. The Morgan fingerprint density at radius 2 is 1.84 bits per heavy atom. The number of nitrogens with one attached hydrogen (secondary N) is 2. The molecule has 1 aromatic rings. The lowest BCUT2D eigenvalue weighted by Gasteiger charge is -2.08. The van der Waals surface area contributed by atoms with Crippen molar-refractivity contribution >= 4 is 17.5 Å². The molecule has 0 saturated heterocycles. The highest BCUT2D eigenvalue weighted by Crippen LogP contribution is 2.13. The number of hydrogen-bond donors (Lipinski definition) is 2. The Morgan fingerprint density at radius 1 is 1.16 bits per heavy atom. The van der Waals surface area contributed by atoms with Crippen LogP contribution in [0.4, 0.5) is 14.5 Å². The van der Waals surface area contributed by atoms with E-state index in [4.69, 9.17) is 0 Å². The first kappa shape index (κ1) is 15.1. The molecule has 0 aliphatic heterocycles. The molecule has 0 atom stereocenters. The number of rotatable bonds is 5. The zero-order valence-corrected chi connectivity index (χ0v) is 10.8. The Kier molecular flexibility index (Phi) is 5.41. The minimum atomic E-state index is -1.05. The van der Waals surface area contributed by atoms with Crippen molar-refractivity contribution in [2.75, 3.05) is 11.9 Å². The molecular formula is C13H16F2N2O2. The van der Waals surface area contributed by atoms with E-state index in [0.717, 1.165) is 12.1 Å². The summed E-state index contributed by atoms with van der Waals surface area (Å²) in [6, 6.07) is 2.99. The van der Waals surface area contributed by atoms with Gasteiger partial charge in [0.1, 0.15) is 6.42 Å². The van der Waals surface area contributed by atoms with Crippen LogP contribution in [0.3, 0.4) is 0 Å². The van der Waals surface area contributed by atoms with E-state index in [1.54, 1.807) is 0 Å². The van der Waals surface area contributed by atoms with E-state index in [1.165, 1.54) is 6.07 Å². The van der Waals surface area contributed by atoms with Gasteiger partial charge >= 0.3 is 0 Å². The van der Waals surface area contributed by atoms with E-state index in [2.05, 4.69) is 10.6 Å². The topological polar surface area (TPSA) is 58.2 Å². The van der Waals surface area contributed by atoms with E-state index < -0.39 is 23.4 Å². The van der Waals surface area contributed by atoms with Gasteiger partial charge in [-0.25, -0.2) is 8.78 Å². The largest absolute Gasteiger partial charge is 0.355 e. The molecule has 0 aliphatic carbocycles. The minimum absolute atomic E-state index is 0.112. The van der Waals surface area contributed by atoms with Crippen molar-refractivity contribution < 1.29 is 18.4 Å². The highest BCUT2D eigenvalue weighted by atomic mass is 19.2. The van der Waals surface area contributed by atoms with E-state index in [9.17, 15) is 18.4 Å². The zero-order chi connectivity index (χ0) is 14.4. The highest BCUT2D eigenvalue weighted by molar-refractivity contribution is 6.03. The predicted octanol–water partition coefficient (Wildman–Crippen LogP) is 2.07. The maximum atomic E-state index is 12.9. The van der Waals surface area contributed by atoms with Gasteiger partial charge in [0.15, 0.2) is 11.6 Å². The lowest BCUT2D eigenvalue weighted by atomic mass is 10.2. The first-order valence-electron chi connectivity index (χ1n) is 5.90. The van der Waals surface area contributed by atoms with Crippen molar-refractivity contribution in [3.8, 4) is 0 Å². The van der Waals surface area contributed by atoms with Crippen LogP contribution in [0.15, 0.2) is 18.2 Å². The third-order valence-electron chi connectivity index (χ3n) is 2.23. The van der Waals surface area contributed by atoms with Crippen LogP contribution in [0.2, 0.25) is 0 Å². The van der Waals surface area contributed by atoms with Crippen LogP contribution in [0.1, 0.15) is 20.3 Å². The number of anilines is 1. The molecule has 0 unspecified atom stereocenters. The van der Waals surface area contributed by atoms with Gasteiger partial charge in [-0.15, -0.1) is 0 Å². The second-order valence-electron chi connectivity index (χ2n) is 4.55. The highest BCUT2D eigenvalue weighted by Gasteiger charge is 2.11. The molecule has 6 heteroatoms. The first-order chi connectivity index (χ1) is 8.88. The first-order valence-corrected chi connectivity index (χ1v) is 5.90. The summed E-state index contributed by atoms with van der Waals surface area (Å²) in [4.78, 5) is 22.8. The Hall–Kier alpha value is -1.98. The van der Waals surface area contributed by atoms with Crippen LogP contribution in [0, 0.1) is 17.6 Å². The summed E-state index contributed by atoms with van der Waals surface area (Å²) in [5.74, 6) is -2.74. The fourth-order valence-electron chi connectivity index (χ4n) is 1.31. The molecule has 2 N–H and O–H groups in total. The summed E-state index contributed by atoms with van der Waals surface area (Å²) in [6.45, 7) is 4.35. The average Bonchev–Trinajstić information content (AvgIpc) is 2.31. The summed E-state index contributed by atoms with van der Waals surface area (Å²) >= 11 is 0. The van der Waals surface area contributed by atoms with Gasteiger partial charge < -0.3 is 10.6 Å². The standard InChI is InChI=1S/C13H16F2N2O2/c1-8(2)7-16-12(18)6-13(19)17-9-3-4-10(14)11(15)5-9/h3-5,8H,6-7H2,1-2H3,(H,16,18)(H,17,19). The molecule has 1 aromatic carbocycles. The van der Waals surface area contributed by atoms with Crippen LogP contribution in [0.25, 0.3) is 0 Å². The quantitative estimate of drug-likeness (QED) is 0.805. The molecule has 104 valence electrons. The maximum Gasteiger partial charge on any atom is 0.233 e. The fraction of sp³-hybridized carbons (Fsp3) is 0.385. The van der Waals surface area contributed by atoms with Gasteiger partial charge in [-0.3, -0.25) is 9.59 Å². The van der Waals surface area contributed by atoms with Gasteiger partial charge in [0.2, 0.25) is 11.8 Å². The molecule has 4 nitrogen and oxygen atoms in total. The van der Waals surface area contributed by atoms with Crippen molar-refractivity contribution in [2.24, 2.45) is 5.92 Å². The minimum Gasteiger partial charge on any atom is -0.355 e. The van der Waals surface area contributed by atoms with Crippen LogP contribution in [-0.2, 0) is 9.59 Å². The van der Waals surface area contributed by atoms with Crippen LogP contribution in [-0.4, -0.2) is 18.4 Å². The molecule has 0 spiro atoms. The summed E-state index contributed by atoms with van der Waals surface area (Å²) in [7, 11) is 0. The maximum absolute atomic E-state index is 12.9. The third kappa shape index (κ3) is 5.46. The van der Waals surface area contributed by atoms with E-state index in [-0.39, 0.29) is 12.1 Å². The molecule has 0 aromatic heterocycles. The normalized spacial score (nSPS) is 10.4. The molecule has 0 heterocycles. The van der Waals surface area contributed by atoms with E-state index in [0.29, 0.717) is 12.5 Å². The average molecular weight is 270 g/mol. The number of halogens is 2. The lowest BCUT2D eigenvalue weighted by Crippen LogP contribution is -2.30. The fourth-order valence-corrected chi connectivity index (χ4v) is 1.31. The second-order valence-corrected chi connectivity index (χ2v) is 4.55. The monoisotopic (exact) mass is 270 g/mol. The van der Waals surface area contributed by atoms with Gasteiger partial charge in [0.25, 0.3) is 0 Å². The van der Waals surface area contributed by atoms with Crippen molar-refractivity contribution in [1.29, 1.82) is 0 Å². The summed E-state index contributed by atoms with van der Waals surface area (Å²) in [5.41, 5.74) is 0.112. The number of amides is 2. The molecule has 19 heavy (non-hydrogen) atoms. The van der Waals surface area contributed by atoms with Crippen LogP contribution in [0.5, 0.6) is 0 Å². The number of benzene rings is 1. The molecule has 0 saturated carbocycles. The number of carbonyl (C=O) groups excluding carboxylic acids is 2. The molecule has 0 radical (unpaired) electrons. The van der Waals surface area contributed by atoms with Gasteiger partial charge in [-0.05, 0) is 18.1 Å². The summed E-state index contributed by atoms with van der Waals surface area (Å²) in [6.07, 6.45) is -0.355. The van der Waals surface area contributed by atoms with Gasteiger partial charge in [0, 0.05) is 18.3 Å². The van der Waals surface area contributed by atoms with Crippen molar-refractivity contribution in [1.82, 2.24) is 5.32 Å². The molecular weight excluding hydrogens is 254 g/mol. The number of hydrogen-bond acceptors (Lipinski definition) is 2. The third-order valence-corrected chi connectivity index (χ3v) is 2.23. The smallest absolute Gasteiger partial charge is 0.233 e. The Bertz CT molecular complexity index is 476. The van der Waals surface area contributed by atoms with Gasteiger partial charge in [0.05, 0.1) is 0 Å². The second kappa shape index (κ2) is 6.82. The zero-order valence-electron chi connectivity index (χ0n) is 10.8. The van der Waals surface area contributed by atoms with Crippen molar-refractivity contribution in [3.05, 3.63) is 29.8 Å². The molecule has 0 aliphatic rings. The summed E-state index contributed by atoms with van der Waals surface area (Å²) in [5, 5.41) is 4.91. The van der Waals surface area contributed by atoms with Gasteiger partial charge in [-0.2, -0.15) is 0 Å². The van der Waals surface area contributed by atoms with Crippen LogP contribution < -0.4 is 10.6 Å². The van der Waals surface area contributed by atoms with Gasteiger partial charge in [-0.1, -0.05) is 13.8 Å². The molecule has 2 amide bonds. The molecule has 0 fully saturated rings.